The van der Waals surface area contributed by atoms with E-state index in [1.54, 1.807) is 0 Å². The minimum atomic E-state index is 0.0205. The van der Waals surface area contributed by atoms with Crippen LogP contribution in [0.4, 0.5) is 0 Å². The molecule has 0 radical (unpaired) electrons. The van der Waals surface area contributed by atoms with Crippen LogP contribution in [0.25, 0.3) is 10.9 Å². The lowest BCUT2D eigenvalue weighted by Crippen LogP contribution is -2.32. The van der Waals surface area contributed by atoms with Gasteiger partial charge in [0.25, 0.3) is 5.91 Å². The first-order valence-corrected chi connectivity index (χ1v) is 7.08. The average Bonchev–Trinajstić information content (AvgIpc) is 2.86. The Morgan fingerprint density at radius 1 is 1.32 bits per heavy atom. The standard InChI is InChI=1S/C16H22N2O/c1-3-4-5-6-12(2)18-16(19)14-7-8-15-13(11-14)9-10-17-15/h7-12,17H,3-6H2,1-2H3,(H,18,19)/t12-/m1/s1. The molecule has 0 aliphatic carbocycles. The van der Waals surface area contributed by atoms with Crippen molar-refractivity contribution in [3.63, 3.8) is 0 Å². The quantitative estimate of drug-likeness (QED) is 0.759. The van der Waals surface area contributed by atoms with Gasteiger partial charge < -0.3 is 10.3 Å². The third kappa shape index (κ3) is 3.60. The van der Waals surface area contributed by atoms with Crippen LogP contribution in [0.15, 0.2) is 30.5 Å². The molecule has 0 fully saturated rings. The topological polar surface area (TPSA) is 44.9 Å². The molecule has 0 spiro atoms. The maximum atomic E-state index is 12.1. The highest BCUT2D eigenvalue weighted by Crippen LogP contribution is 2.14. The lowest BCUT2D eigenvalue weighted by Gasteiger charge is -2.13. The highest BCUT2D eigenvalue weighted by Gasteiger charge is 2.10. The monoisotopic (exact) mass is 258 g/mol. The molecule has 0 saturated carbocycles. The summed E-state index contributed by atoms with van der Waals surface area (Å²) in [6, 6.07) is 7.97. The maximum absolute atomic E-state index is 12.1. The Balaban J connectivity index is 1.95. The first kappa shape index (κ1) is 13.7. The number of aromatic nitrogens is 1. The fourth-order valence-corrected chi connectivity index (χ4v) is 2.27. The van der Waals surface area contributed by atoms with E-state index in [-0.39, 0.29) is 11.9 Å². The number of benzene rings is 1. The van der Waals surface area contributed by atoms with E-state index in [9.17, 15) is 4.79 Å². The van der Waals surface area contributed by atoms with Crippen LogP contribution in [-0.2, 0) is 0 Å². The molecular weight excluding hydrogens is 236 g/mol. The van der Waals surface area contributed by atoms with Gasteiger partial charge in [0.15, 0.2) is 0 Å². The third-order valence-corrected chi connectivity index (χ3v) is 3.43. The summed E-state index contributed by atoms with van der Waals surface area (Å²) in [4.78, 5) is 15.3. The maximum Gasteiger partial charge on any atom is 0.251 e. The van der Waals surface area contributed by atoms with Gasteiger partial charge in [-0.1, -0.05) is 26.2 Å². The molecule has 1 heterocycles. The zero-order valence-electron chi connectivity index (χ0n) is 11.7. The number of H-pyrrole nitrogens is 1. The van der Waals surface area contributed by atoms with Crippen molar-refractivity contribution in [2.75, 3.05) is 0 Å². The van der Waals surface area contributed by atoms with Gasteiger partial charge in [0.1, 0.15) is 0 Å². The van der Waals surface area contributed by atoms with E-state index in [0.717, 1.165) is 22.9 Å². The van der Waals surface area contributed by atoms with Crippen LogP contribution in [0, 0.1) is 0 Å². The van der Waals surface area contributed by atoms with Crippen molar-refractivity contribution in [3.05, 3.63) is 36.0 Å². The fraction of sp³-hybridized carbons (Fsp3) is 0.438. The third-order valence-electron chi connectivity index (χ3n) is 3.43. The van der Waals surface area contributed by atoms with E-state index in [1.807, 2.05) is 30.5 Å². The molecule has 1 amide bonds. The number of carbonyl (C=O) groups is 1. The molecule has 0 aliphatic rings. The Hall–Kier alpha value is -1.77. The second kappa shape index (κ2) is 6.41. The van der Waals surface area contributed by atoms with E-state index in [2.05, 4.69) is 24.1 Å². The Morgan fingerprint density at radius 3 is 2.95 bits per heavy atom. The molecule has 2 N–H and O–H groups in total. The van der Waals surface area contributed by atoms with Crippen LogP contribution in [0.5, 0.6) is 0 Å². The van der Waals surface area contributed by atoms with Crippen LogP contribution < -0.4 is 5.32 Å². The summed E-state index contributed by atoms with van der Waals surface area (Å²) in [5.74, 6) is 0.0205. The van der Waals surface area contributed by atoms with Crippen molar-refractivity contribution in [2.24, 2.45) is 0 Å². The molecule has 3 heteroatoms. The van der Waals surface area contributed by atoms with Crippen LogP contribution >= 0.6 is 0 Å². The van der Waals surface area contributed by atoms with Crippen molar-refractivity contribution >= 4 is 16.8 Å². The van der Waals surface area contributed by atoms with Crippen molar-refractivity contribution in [1.29, 1.82) is 0 Å². The molecule has 0 aliphatic heterocycles. The van der Waals surface area contributed by atoms with E-state index >= 15 is 0 Å². The van der Waals surface area contributed by atoms with Gasteiger partial charge >= 0.3 is 0 Å². The molecular formula is C16H22N2O. The molecule has 1 aromatic heterocycles. The van der Waals surface area contributed by atoms with Crippen molar-refractivity contribution < 1.29 is 4.79 Å². The van der Waals surface area contributed by atoms with Gasteiger partial charge in [0, 0.05) is 28.7 Å². The van der Waals surface area contributed by atoms with E-state index in [4.69, 9.17) is 0 Å². The van der Waals surface area contributed by atoms with E-state index in [0.29, 0.717) is 0 Å². The Labute approximate surface area is 114 Å². The summed E-state index contributed by atoms with van der Waals surface area (Å²) in [6.07, 6.45) is 6.56. The second-order valence-corrected chi connectivity index (χ2v) is 5.15. The lowest BCUT2D eigenvalue weighted by molar-refractivity contribution is 0.0938. The predicted molar refractivity (Wildman–Crippen MR) is 79.4 cm³/mol. The first-order valence-electron chi connectivity index (χ1n) is 7.08. The SMILES string of the molecule is CCCCC[C@@H](C)NC(=O)c1ccc2[nH]ccc2c1. The number of hydrogen-bond donors (Lipinski definition) is 2. The van der Waals surface area contributed by atoms with Gasteiger partial charge in [-0.3, -0.25) is 4.79 Å². The lowest BCUT2D eigenvalue weighted by atomic mass is 10.1. The molecule has 102 valence electrons. The minimum absolute atomic E-state index is 0.0205. The normalized spacial score (nSPS) is 12.5. The Morgan fingerprint density at radius 2 is 2.16 bits per heavy atom. The summed E-state index contributed by atoms with van der Waals surface area (Å²) in [7, 11) is 0. The molecule has 0 bridgehead atoms. The molecule has 2 rings (SSSR count). The highest BCUT2D eigenvalue weighted by molar-refractivity contribution is 5.98. The molecule has 1 aromatic carbocycles. The number of rotatable bonds is 6. The van der Waals surface area contributed by atoms with Crippen LogP contribution in [0.1, 0.15) is 49.9 Å². The molecule has 0 unspecified atom stereocenters. The second-order valence-electron chi connectivity index (χ2n) is 5.15. The fourth-order valence-electron chi connectivity index (χ4n) is 2.27. The highest BCUT2D eigenvalue weighted by atomic mass is 16.1. The number of hydrogen-bond acceptors (Lipinski definition) is 1. The molecule has 19 heavy (non-hydrogen) atoms. The van der Waals surface area contributed by atoms with Gasteiger partial charge in [-0.05, 0) is 37.6 Å². The smallest absolute Gasteiger partial charge is 0.251 e. The molecule has 2 aromatic rings. The number of unbranched alkanes of at least 4 members (excludes halogenated alkanes) is 2. The summed E-state index contributed by atoms with van der Waals surface area (Å²) >= 11 is 0. The summed E-state index contributed by atoms with van der Waals surface area (Å²) in [6.45, 7) is 4.26. The Bertz CT molecular complexity index is 544. The minimum Gasteiger partial charge on any atom is -0.361 e. The van der Waals surface area contributed by atoms with Crippen molar-refractivity contribution in [2.45, 2.75) is 45.6 Å². The zero-order valence-corrected chi connectivity index (χ0v) is 11.7. The summed E-state index contributed by atoms with van der Waals surface area (Å²) in [5, 5.41) is 4.14. The molecule has 3 nitrogen and oxygen atoms in total. The zero-order chi connectivity index (χ0) is 13.7. The van der Waals surface area contributed by atoms with Gasteiger partial charge in [0.2, 0.25) is 0 Å². The summed E-state index contributed by atoms with van der Waals surface area (Å²) in [5.41, 5.74) is 1.79. The number of amides is 1. The molecule has 0 saturated heterocycles. The van der Waals surface area contributed by atoms with Crippen molar-refractivity contribution in [3.8, 4) is 0 Å². The van der Waals surface area contributed by atoms with Gasteiger partial charge in [-0.25, -0.2) is 0 Å². The number of carbonyl (C=O) groups excluding carboxylic acids is 1. The number of fused-ring (bicyclic) bond motifs is 1. The van der Waals surface area contributed by atoms with Crippen molar-refractivity contribution in [1.82, 2.24) is 10.3 Å². The largest absolute Gasteiger partial charge is 0.361 e. The number of nitrogens with one attached hydrogen (secondary N) is 2. The Kier molecular flexibility index (Phi) is 4.61. The van der Waals surface area contributed by atoms with E-state index < -0.39 is 0 Å². The summed E-state index contributed by atoms with van der Waals surface area (Å²) < 4.78 is 0. The van der Waals surface area contributed by atoms with Crippen LogP contribution in [-0.4, -0.2) is 16.9 Å². The first-order chi connectivity index (χ1) is 9.20. The van der Waals surface area contributed by atoms with Crippen LogP contribution in [0.3, 0.4) is 0 Å². The molecule has 1 atom stereocenters. The predicted octanol–water partition coefficient (Wildman–Crippen LogP) is 3.87. The average molecular weight is 258 g/mol. The number of aromatic amines is 1. The van der Waals surface area contributed by atoms with E-state index in [1.165, 1.54) is 19.3 Å². The van der Waals surface area contributed by atoms with Gasteiger partial charge in [-0.15, -0.1) is 0 Å². The van der Waals surface area contributed by atoms with Crippen LogP contribution in [0.2, 0.25) is 0 Å². The van der Waals surface area contributed by atoms with Gasteiger partial charge in [0.05, 0.1) is 0 Å². The van der Waals surface area contributed by atoms with Gasteiger partial charge in [-0.2, -0.15) is 0 Å².